The van der Waals surface area contributed by atoms with Crippen LogP contribution < -0.4 is 4.74 Å². The van der Waals surface area contributed by atoms with E-state index in [-0.39, 0.29) is 0 Å². The van der Waals surface area contributed by atoms with Crippen molar-refractivity contribution >= 4 is 15.9 Å². The van der Waals surface area contributed by atoms with Gasteiger partial charge in [0.15, 0.2) is 0 Å². The number of benzene rings is 1. The van der Waals surface area contributed by atoms with E-state index in [1.54, 1.807) is 7.11 Å². The Morgan fingerprint density at radius 3 is 2.43 bits per heavy atom. The molecule has 0 heterocycles. The minimum Gasteiger partial charge on any atom is -0.497 e. The van der Waals surface area contributed by atoms with Crippen LogP contribution in [0.15, 0.2) is 22.7 Å². The van der Waals surface area contributed by atoms with Gasteiger partial charge in [0, 0.05) is 4.47 Å². The number of rotatable bonds is 3. The molecule has 0 saturated carbocycles. The van der Waals surface area contributed by atoms with Gasteiger partial charge in [-0.2, -0.15) is 0 Å². The first kappa shape index (κ1) is 13.5. The van der Waals surface area contributed by atoms with Gasteiger partial charge < -0.3 is 4.74 Å². The third kappa shape index (κ3) is 4.14. The van der Waals surface area contributed by atoms with Crippen LogP contribution in [0.4, 0.5) is 0 Å². The highest BCUT2D eigenvalue weighted by Crippen LogP contribution is 2.23. The van der Waals surface area contributed by atoms with E-state index in [0.717, 1.165) is 18.6 Å². The lowest BCUT2D eigenvalue weighted by atomic mass is 10.1. The summed E-state index contributed by atoms with van der Waals surface area (Å²) in [5.41, 5.74) is 1.32. The van der Waals surface area contributed by atoms with Crippen LogP contribution >= 0.6 is 15.9 Å². The molecule has 0 bridgehead atoms. The number of hydrogen-bond acceptors (Lipinski definition) is 1. The van der Waals surface area contributed by atoms with Gasteiger partial charge in [-0.25, -0.2) is 0 Å². The van der Waals surface area contributed by atoms with Crippen molar-refractivity contribution in [2.24, 2.45) is 0 Å². The van der Waals surface area contributed by atoms with Gasteiger partial charge >= 0.3 is 0 Å². The summed E-state index contributed by atoms with van der Waals surface area (Å²) < 4.78 is 6.31. The largest absolute Gasteiger partial charge is 0.497 e. The second-order valence-corrected chi connectivity index (χ2v) is 3.56. The van der Waals surface area contributed by atoms with E-state index in [9.17, 15) is 0 Å². The monoisotopic (exact) mass is 258 g/mol. The van der Waals surface area contributed by atoms with Crippen LogP contribution in [-0.4, -0.2) is 7.11 Å². The Morgan fingerprint density at radius 1 is 1.29 bits per heavy atom. The molecule has 0 unspecified atom stereocenters. The SMILES string of the molecule is CC.CCCc1cc(OC)ccc1Br. The van der Waals surface area contributed by atoms with E-state index in [4.69, 9.17) is 4.74 Å². The average molecular weight is 259 g/mol. The molecule has 0 fully saturated rings. The molecule has 14 heavy (non-hydrogen) atoms. The third-order valence-electron chi connectivity index (χ3n) is 1.77. The summed E-state index contributed by atoms with van der Waals surface area (Å²) in [7, 11) is 1.69. The Labute approximate surface area is 95.6 Å². The molecule has 0 aliphatic heterocycles. The van der Waals surface area contributed by atoms with Crippen LogP contribution in [0.3, 0.4) is 0 Å². The minimum absolute atomic E-state index is 0.932. The number of halogens is 1. The Kier molecular flexibility index (Phi) is 7.58. The van der Waals surface area contributed by atoms with Crippen molar-refractivity contribution in [3.05, 3.63) is 28.2 Å². The second-order valence-electron chi connectivity index (χ2n) is 2.71. The molecule has 0 aromatic heterocycles. The Morgan fingerprint density at radius 2 is 1.93 bits per heavy atom. The first-order valence-corrected chi connectivity index (χ1v) is 5.89. The van der Waals surface area contributed by atoms with E-state index < -0.39 is 0 Å². The number of aryl methyl sites for hydroxylation is 1. The van der Waals surface area contributed by atoms with Crippen LogP contribution in [0.2, 0.25) is 0 Å². The third-order valence-corrected chi connectivity index (χ3v) is 2.55. The lowest BCUT2D eigenvalue weighted by Gasteiger charge is -2.05. The summed E-state index contributed by atoms with van der Waals surface area (Å²) in [5.74, 6) is 0.932. The molecule has 0 spiro atoms. The highest BCUT2D eigenvalue weighted by molar-refractivity contribution is 9.10. The van der Waals surface area contributed by atoms with Gasteiger partial charge in [-0.3, -0.25) is 0 Å². The Hall–Kier alpha value is -0.500. The van der Waals surface area contributed by atoms with Crippen molar-refractivity contribution in [2.45, 2.75) is 33.6 Å². The molecule has 1 nitrogen and oxygen atoms in total. The first-order chi connectivity index (χ1) is 6.77. The smallest absolute Gasteiger partial charge is 0.119 e. The molecule has 0 amide bonds. The first-order valence-electron chi connectivity index (χ1n) is 5.10. The van der Waals surface area contributed by atoms with Gasteiger partial charge in [0.05, 0.1) is 7.11 Å². The average Bonchev–Trinajstić information content (AvgIpc) is 2.24. The van der Waals surface area contributed by atoms with Gasteiger partial charge in [-0.1, -0.05) is 43.1 Å². The van der Waals surface area contributed by atoms with Crippen LogP contribution in [0.25, 0.3) is 0 Å². The van der Waals surface area contributed by atoms with Crippen molar-refractivity contribution < 1.29 is 4.74 Å². The topological polar surface area (TPSA) is 9.23 Å². The molecule has 0 radical (unpaired) electrons. The number of ether oxygens (including phenoxy) is 1. The molecule has 1 aromatic carbocycles. The second kappa shape index (κ2) is 7.86. The molecular weight excluding hydrogens is 240 g/mol. The van der Waals surface area contributed by atoms with Gasteiger partial charge in [0.2, 0.25) is 0 Å². The van der Waals surface area contributed by atoms with Crippen LogP contribution in [0.1, 0.15) is 32.8 Å². The van der Waals surface area contributed by atoms with Gasteiger partial charge in [0.25, 0.3) is 0 Å². The highest BCUT2D eigenvalue weighted by Gasteiger charge is 1.99. The predicted molar refractivity (Wildman–Crippen MR) is 66.0 cm³/mol. The van der Waals surface area contributed by atoms with Crippen LogP contribution in [-0.2, 0) is 6.42 Å². The lowest BCUT2D eigenvalue weighted by molar-refractivity contribution is 0.414. The highest BCUT2D eigenvalue weighted by atomic mass is 79.9. The molecule has 0 N–H and O–H groups in total. The zero-order valence-electron chi connectivity index (χ0n) is 9.43. The maximum absolute atomic E-state index is 5.14. The zero-order valence-corrected chi connectivity index (χ0v) is 11.0. The number of methoxy groups -OCH3 is 1. The van der Waals surface area contributed by atoms with Crippen molar-refractivity contribution in [3.63, 3.8) is 0 Å². The summed E-state index contributed by atoms with van der Waals surface area (Å²) in [5, 5.41) is 0. The van der Waals surface area contributed by atoms with E-state index in [1.165, 1.54) is 10.0 Å². The fraction of sp³-hybridized carbons (Fsp3) is 0.500. The van der Waals surface area contributed by atoms with E-state index >= 15 is 0 Å². The van der Waals surface area contributed by atoms with Crippen molar-refractivity contribution in [1.82, 2.24) is 0 Å². The van der Waals surface area contributed by atoms with Crippen molar-refractivity contribution in [2.75, 3.05) is 7.11 Å². The minimum atomic E-state index is 0.932. The summed E-state index contributed by atoms with van der Waals surface area (Å²) in [6.07, 6.45) is 2.25. The fourth-order valence-electron chi connectivity index (χ4n) is 1.14. The fourth-order valence-corrected chi connectivity index (χ4v) is 1.58. The summed E-state index contributed by atoms with van der Waals surface area (Å²) >= 11 is 3.51. The van der Waals surface area contributed by atoms with Crippen molar-refractivity contribution in [1.29, 1.82) is 0 Å². The number of hydrogen-bond donors (Lipinski definition) is 0. The van der Waals surface area contributed by atoms with E-state index in [1.807, 2.05) is 26.0 Å². The van der Waals surface area contributed by atoms with Gasteiger partial charge in [-0.05, 0) is 30.2 Å². The molecule has 0 atom stereocenters. The molecule has 80 valence electrons. The van der Waals surface area contributed by atoms with E-state index in [2.05, 4.69) is 28.9 Å². The molecular formula is C12H19BrO. The Balaban J connectivity index is 0.000000791. The predicted octanol–water partition coefficient (Wildman–Crippen LogP) is 4.44. The molecule has 1 rings (SSSR count). The van der Waals surface area contributed by atoms with Gasteiger partial charge in [-0.15, -0.1) is 0 Å². The normalized spacial score (nSPS) is 8.93. The summed E-state index contributed by atoms with van der Waals surface area (Å²) in [6.45, 7) is 6.17. The van der Waals surface area contributed by atoms with Crippen LogP contribution in [0, 0.1) is 0 Å². The maximum Gasteiger partial charge on any atom is 0.119 e. The van der Waals surface area contributed by atoms with Crippen molar-refractivity contribution in [3.8, 4) is 5.75 Å². The van der Waals surface area contributed by atoms with Gasteiger partial charge in [0.1, 0.15) is 5.75 Å². The quantitative estimate of drug-likeness (QED) is 0.779. The zero-order chi connectivity index (χ0) is 11.0. The molecule has 1 aromatic rings. The summed E-state index contributed by atoms with van der Waals surface area (Å²) in [4.78, 5) is 0. The maximum atomic E-state index is 5.14. The molecule has 0 aliphatic rings. The standard InChI is InChI=1S/C10H13BrO.C2H6/c1-3-4-8-7-9(12-2)5-6-10(8)11;1-2/h5-7H,3-4H2,1-2H3;1-2H3. The summed E-state index contributed by atoms with van der Waals surface area (Å²) in [6, 6.07) is 6.07. The Bertz CT molecular complexity index is 258. The molecule has 0 saturated heterocycles. The molecule has 0 aliphatic carbocycles. The van der Waals surface area contributed by atoms with E-state index in [0.29, 0.717) is 0 Å². The van der Waals surface area contributed by atoms with Crippen LogP contribution in [0.5, 0.6) is 5.75 Å². The molecule has 2 heteroatoms. The lowest BCUT2D eigenvalue weighted by Crippen LogP contribution is -1.88.